The maximum Gasteiger partial charge on any atom is 0.367 e. The second-order valence-corrected chi connectivity index (χ2v) is 7.25. The number of unbranched alkanes of at least 4 members (excludes halogenated alkanes) is 1. The molecular formula is C23H29N5O5. The van der Waals surface area contributed by atoms with Gasteiger partial charge in [0.05, 0.1) is 12.8 Å². The number of carbonyl (C=O) groups excluding carboxylic acids is 2. The molecule has 10 nitrogen and oxygen atoms in total. The third-order valence-electron chi connectivity index (χ3n) is 4.89. The number of aliphatic carboxylic acids is 1. The highest BCUT2D eigenvalue weighted by Gasteiger charge is 2.30. The number of carboxylic acids is 1. The van der Waals surface area contributed by atoms with Crippen molar-refractivity contribution in [1.29, 1.82) is 0 Å². The molecule has 2 rings (SSSR count). The van der Waals surface area contributed by atoms with Crippen LogP contribution in [0.15, 0.2) is 64.8 Å². The van der Waals surface area contributed by atoms with Gasteiger partial charge >= 0.3 is 12.0 Å². The Bertz CT molecular complexity index is 949. The van der Waals surface area contributed by atoms with Crippen molar-refractivity contribution in [3.8, 4) is 5.75 Å². The van der Waals surface area contributed by atoms with Gasteiger partial charge < -0.3 is 20.9 Å². The number of hydrogen-bond donors (Lipinski definition) is 3. The number of carbonyl (C=O) groups is 3. The van der Waals surface area contributed by atoms with Crippen LogP contribution in [0.25, 0.3) is 0 Å². The van der Waals surface area contributed by atoms with Gasteiger partial charge in [0.15, 0.2) is 0 Å². The summed E-state index contributed by atoms with van der Waals surface area (Å²) < 4.78 is 5.09. The minimum absolute atomic E-state index is 0.238. The first-order valence-electron chi connectivity index (χ1n) is 10.5. The van der Waals surface area contributed by atoms with Crippen LogP contribution in [0.1, 0.15) is 26.2 Å². The average molecular weight is 456 g/mol. The van der Waals surface area contributed by atoms with Crippen molar-refractivity contribution in [3.05, 3.63) is 54.6 Å². The minimum Gasteiger partial charge on any atom is -0.497 e. The summed E-state index contributed by atoms with van der Waals surface area (Å²) in [6.45, 7) is 1.94. The number of carboxylic acid groups (broad SMARTS) is 1. The van der Waals surface area contributed by atoms with Crippen LogP contribution in [0.3, 0.4) is 0 Å². The molecule has 10 heteroatoms. The van der Waals surface area contributed by atoms with Gasteiger partial charge in [0, 0.05) is 5.69 Å². The largest absolute Gasteiger partial charge is 0.497 e. The standard InChI is InChI=1S/C23H29N5O5/c1-16(21(29)25-20(22(30)31)10-6-7-15-24)28(18-8-4-3-5-9-18)23(32)27-26-17-11-13-19(33-2)14-12-17/h3-5,8-9,11-14,16,20H,6-7,10,15,24H2,1-2H3,(H,25,29)(H,30,31)/b27-26+. The van der Waals surface area contributed by atoms with Gasteiger partial charge in [-0.1, -0.05) is 23.3 Å². The molecule has 176 valence electrons. The summed E-state index contributed by atoms with van der Waals surface area (Å²) in [5.41, 5.74) is 6.31. The fraction of sp³-hybridized carbons (Fsp3) is 0.348. The fourth-order valence-corrected chi connectivity index (χ4v) is 3.05. The van der Waals surface area contributed by atoms with E-state index >= 15 is 0 Å². The lowest BCUT2D eigenvalue weighted by Crippen LogP contribution is -2.51. The number of benzene rings is 2. The molecule has 2 atom stereocenters. The second-order valence-electron chi connectivity index (χ2n) is 7.25. The quantitative estimate of drug-likeness (QED) is 0.349. The Labute approximate surface area is 192 Å². The van der Waals surface area contributed by atoms with Crippen molar-refractivity contribution >= 4 is 29.3 Å². The first-order chi connectivity index (χ1) is 15.9. The Hall–Kier alpha value is -3.79. The summed E-state index contributed by atoms with van der Waals surface area (Å²) in [5.74, 6) is -1.13. The number of azo groups is 1. The van der Waals surface area contributed by atoms with E-state index in [4.69, 9.17) is 10.5 Å². The van der Waals surface area contributed by atoms with Crippen LogP contribution < -0.4 is 20.7 Å². The minimum atomic E-state index is -1.15. The first-order valence-corrected chi connectivity index (χ1v) is 10.5. The Kier molecular flexibility index (Phi) is 9.97. The van der Waals surface area contributed by atoms with Crippen molar-refractivity contribution < 1.29 is 24.2 Å². The maximum absolute atomic E-state index is 12.9. The molecule has 0 aliphatic carbocycles. The molecule has 0 spiro atoms. The number of amides is 3. The van der Waals surface area contributed by atoms with Crippen molar-refractivity contribution in [2.45, 2.75) is 38.3 Å². The lowest BCUT2D eigenvalue weighted by Gasteiger charge is -2.27. The van der Waals surface area contributed by atoms with Crippen LogP contribution in [0, 0.1) is 0 Å². The molecule has 0 saturated heterocycles. The van der Waals surface area contributed by atoms with Gasteiger partial charge in [0.2, 0.25) is 5.91 Å². The van der Waals surface area contributed by atoms with E-state index in [0.29, 0.717) is 36.5 Å². The van der Waals surface area contributed by atoms with Crippen molar-refractivity contribution in [2.75, 3.05) is 18.6 Å². The van der Waals surface area contributed by atoms with Gasteiger partial charge in [-0.3, -0.25) is 9.69 Å². The maximum atomic E-state index is 12.9. The van der Waals surface area contributed by atoms with Gasteiger partial charge in [0.1, 0.15) is 17.8 Å². The zero-order chi connectivity index (χ0) is 24.2. The number of hydrogen-bond acceptors (Lipinski definition) is 6. The van der Waals surface area contributed by atoms with E-state index in [0.717, 1.165) is 0 Å². The molecule has 4 N–H and O–H groups in total. The normalized spacial score (nSPS) is 12.7. The Morgan fingerprint density at radius 3 is 2.33 bits per heavy atom. The zero-order valence-corrected chi connectivity index (χ0v) is 18.7. The Morgan fingerprint density at radius 1 is 1.09 bits per heavy atom. The third kappa shape index (κ3) is 7.69. The summed E-state index contributed by atoms with van der Waals surface area (Å²) in [5, 5.41) is 19.7. The molecule has 0 radical (unpaired) electrons. The number of para-hydroxylation sites is 1. The molecule has 0 heterocycles. The molecule has 2 aromatic rings. The molecular weight excluding hydrogens is 426 g/mol. The number of anilines is 1. The van der Waals surface area contributed by atoms with E-state index in [1.807, 2.05) is 0 Å². The van der Waals surface area contributed by atoms with Crippen LogP contribution in [0.2, 0.25) is 0 Å². The Morgan fingerprint density at radius 2 is 1.76 bits per heavy atom. The smallest absolute Gasteiger partial charge is 0.367 e. The summed E-state index contributed by atoms with van der Waals surface area (Å²) >= 11 is 0. The van der Waals surface area contributed by atoms with Gasteiger partial charge in [-0.2, -0.15) is 0 Å². The Balaban J connectivity index is 2.21. The van der Waals surface area contributed by atoms with Crippen LogP contribution in [-0.4, -0.2) is 48.8 Å². The lowest BCUT2D eigenvalue weighted by molar-refractivity contribution is -0.142. The van der Waals surface area contributed by atoms with Gasteiger partial charge in [-0.15, -0.1) is 5.11 Å². The summed E-state index contributed by atoms with van der Waals surface area (Å²) in [4.78, 5) is 38.6. The molecule has 0 aromatic heterocycles. The molecule has 2 aromatic carbocycles. The number of rotatable bonds is 11. The molecule has 33 heavy (non-hydrogen) atoms. The van der Waals surface area contributed by atoms with E-state index < -0.39 is 30.0 Å². The molecule has 2 unspecified atom stereocenters. The van der Waals surface area contributed by atoms with Crippen LogP contribution in [0.4, 0.5) is 16.2 Å². The number of nitrogens with two attached hydrogens (primary N) is 1. The lowest BCUT2D eigenvalue weighted by atomic mass is 10.1. The highest BCUT2D eigenvalue weighted by molar-refractivity contribution is 6.00. The van der Waals surface area contributed by atoms with Crippen LogP contribution >= 0.6 is 0 Å². The van der Waals surface area contributed by atoms with Gasteiger partial charge in [-0.05, 0) is 69.1 Å². The van der Waals surface area contributed by atoms with E-state index in [2.05, 4.69) is 15.5 Å². The van der Waals surface area contributed by atoms with E-state index in [1.54, 1.807) is 54.6 Å². The number of ether oxygens (including phenoxy) is 1. The molecule has 0 aliphatic heterocycles. The predicted octanol–water partition coefficient (Wildman–Crippen LogP) is 3.49. The van der Waals surface area contributed by atoms with E-state index in [9.17, 15) is 19.5 Å². The van der Waals surface area contributed by atoms with Crippen molar-refractivity contribution in [3.63, 3.8) is 0 Å². The van der Waals surface area contributed by atoms with Gasteiger partial charge in [0.25, 0.3) is 0 Å². The first kappa shape index (κ1) is 25.5. The summed E-state index contributed by atoms with van der Waals surface area (Å²) in [6, 6.07) is 12.3. The fourth-order valence-electron chi connectivity index (χ4n) is 3.05. The highest BCUT2D eigenvalue weighted by Crippen LogP contribution is 2.21. The van der Waals surface area contributed by atoms with Crippen molar-refractivity contribution in [1.82, 2.24) is 5.32 Å². The number of urea groups is 1. The number of nitrogens with one attached hydrogen (secondary N) is 1. The molecule has 0 saturated carbocycles. The third-order valence-corrected chi connectivity index (χ3v) is 4.89. The monoisotopic (exact) mass is 455 g/mol. The van der Waals surface area contributed by atoms with E-state index in [1.165, 1.54) is 18.9 Å². The number of methoxy groups -OCH3 is 1. The van der Waals surface area contributed by atoms with Crippen molar-refractivity contribution in [2.24, 2.45) is 16.0 Å². The van der Waals surface area contributed by atoms with Crippen LogP contribution in [-0.2, 0) is 9.59 Å². The summed E-state index contributed by atoms with van der Waals surface area (Å²) in [6.07, 6.45) is 1.44. The topological polar surface area (TPSA) is 147 Å². The second kappa shape index (κ2) is 12.9. The van der Waals surface area contributed by atoms with E-state index in [-0.39, 0.29) is 6.42 Å². The SMILES string of the molecule is COc1ccc(/N=N/C(=O)N(c2ccccc2)C(C)C(=O)NC(CCCCN)C(=O)O)cc1. The molecule has 3 amide bonds. The van der Waals surface area contributed by atoms with Gasteiger partial charge in [-0.25, -0.2) is 9.59 Å². The highest BCUT2D eigenvalue weighted by atomic mass is 16.5. The zero-order valence-electron chi connectivity index (χ0n) is 18.7. The number of nitrogens with zero attached hydrogens (tertiary/aromatic N) is 3. The van der Waals surface area contributed by atoms with Crippen LogP contribution in [0.5, 0.6) is 5.75 Å². The molecule has 0 fully saturated rings. The molecule has 0 bridgehead atoms. The summed E-state index contributed by atoms with van der Waals surface area (Å²) in [7, 11) is 1.54. The molecule has 0 aliphatic rings. The predicted molar refractivity (Wildman–Crippen MR) is 124 cm³/mol. The average Bonchev–Trinajstić information content (AvgIpc) is 2.83.